The van der Waals surface area contributed by atoms with Crippen LogP contribution in [0.4, 0.5) is 0 Å². The average Bonchev–Trinajstić information content (AvgIpc) is 2.60. The molecular weight excluding hydrogens is 352 g/mol. The van der Waals surface area contributed by atoms with Crippen molar-refractivity contribution in [1.82, 2.24) is 0 Å². The Kier molecular flexibility index (Phi) is 6.16. The molecule has 1 aromatic rings. The highest BCUT2D eigenvalue weighted by Gasteiger charge is 2.48. The Balaban J connectivity index is 2.28. The lowest BCUT2D eigenvalue weighted by Crippen LogP contribution is -2.61. The SMILES string of the molecule is COc1ccc(/C=C/C(=O)O)cc1O[C@@H]1O[C@H](C(=O)O)[C@@H](O)[C@H](O)[C@H]1O. The molecule has 2 rings (SSSR count). The van der Waals surface area contributed by atoms with Gasteiger partial charge in [-0.3, -0.25) is 0 Å². The number of methoxy groups -OCH3 is 1. The third kappa shape index (κ3) is 4.29. The third-order valence-electron chi connectivity index (χ3n) is 3.66. The van der Waals surface area contributed by atoms with Gasteiger partial charge in [0.25, 0.3) is 0 Å². The van der Waals surface area contributed by atoms with Crippen molar-refractivity contribution in [2.45, 2.75) is 30.7 Å². The van der Waals surface area contributed by atoms with Crippen molar-refractivity contribution in [3.8, 4) is 11.5 Å². The number of aliphatic hydroxyl groups excluding tert-OH is 3. The molecule has 26 heavy (non-hydrogen) atoms. The van der Waals surface area contributed by atoms with Gasteiger partial charge in [0.05, 0.1) is 7.11 Å². The number of carboxylic acid groups (broad SMARTS) is 2. The Morgan fingerprint density at radius 1 is 1.08 bits per heavy atom. The van der Waals surface area contributed by atoms with E-state index in [2.05, 4.69) is 0 Å². The van der Waals surface area contributed by atoms with Crippen LogP contribution in [0.3, 0.4) is 0 Å². The summed E-state index contributed by atoms with van der Waals surface area (Å²) in [7, 11) is 1.34. The number of carbonyl (C=O) groups is 2. The van der Waals surface area contributed by atoms with Crippen LogP contribution in [0.5, 0.6) is 11.5 Å². The summed E-state index contributed by atoms with van der Waals surface area (Å²) in [5.41, 5.74) is 0.420. The van der Waals surface area contributed by atoms with E-state index in [0.717, 1.165) is 6.08 Å². The van der Waals surface area contributed by atoms with Crippen LogP contribution in [-0.4, -0.2) is 75.3 Å². The monoisotopic (exact) mass is 370 g/mol. The molecule has 0 unspecified atom stereocenters. The van der Waals surface area contributed by atoms with Crippen LogP contribution in [0, 0.1) is 0 Å². The van der Waals surface area contributed by atoms with E-state index in [1.54, 1.807) is 6.07 Å². The molecule has 1 heterocycles. The molecule has 5 atom stereocenters. The van der Waals surface area contributed by atoms with Crippen molar-refractivity contribution in [3.05, 3.63) is 29.8 Å². The van der Waals surface area contributed by atoms with Crippen molar-refractivity contribution in [3.63, 3.8) is 0 Å². The fourth-order valence-corrected chi connectivity index (χ4v) is 2.33. The van der Waals surface area contributed by atoms with E-state index < -0.39 is 42.6 Å². The molecule has 0 bridgehead atoms. The quantitative estimate of drug-likeness (QED) is 0.395. The molecule has 0 aliphatic carbocycles. The Hall–Kier alpha value is -2.66. The van der Waals surface area contributed by atoms with Gasteiger partial charge in [-0.2, -0.15) is 0 Å². The first-order valence-corrected chi connectivity index (χ1v) is 7.42. The van der Waals surface area contributed by atoms with Crippen LogP contribution in [0.15, 0.2) is 24.3 Å². The van der Waals surface area contributed by atoms with Gasteiger partial charge in [0, 0.05) is 6.08 Å². The van der Waals surface area contributed by atoms with Gasteiger partial charge in [0.1, 0.15) is 18.3 Å². The van der Waals surface area contributed by atoms with E-state index in [1.165, 1.54) is 25.3 Å². The molecule has 0 amide bonds. The zero-order valence-corrected chi connectivity index (χ0v) is 13.6. The standard InChI is InChI=1S/C16H18O10/c1-24-8-4-2-7(3-5-10(17)18)6-9(8)25-16-13(21)11(19)12(20)14(26-16)15(22)23/h2-6,11-14,16,19-21H,1H3,(H,17,18)(H,22,23)/b5-3+/t11-,12-,13+,14-,16+/m0/s1. The van der Waals surface area contributed by atoms with E-state index in [4.69, 9.17) is 24.4 Å². The van der Waals surface area contributed by atoms with Gasteiger partial charge in [0.2, 0.25) is 6.29 Å². The maximum atomic E-state index is 11.1. The number of aliphatic carboxylic acids is 2. The summed E-state index contributed by atoms with van der Waals surface area (Å²) in [4.78, 5) is 21.7. The first-order valence-electron chi connectivity index (χ1n) is 7.42. The first-order chi connectivity index (χ1) is 12.2. The number of ether oxygens (including phenoxy) is 3. The van der Waals surface area contributed by atoms with Gasteiger partial charge < -0.3 is 39.7 Å². The van der Waals surface area contributed by atoms with Crippen LogP contribution in [0.25, 0.3) is 6.08 Å². The fourth-order valence-electron chi connectivity index (χ4n) is 2.33. The lowest BCUT2D eigenvalue weighted by molar-refractivity contribution is -0.271. The summed E-state index contributed by atoms with van der Waals surface area (Å²) < 4.78 is 15.6. The van der Waals surface area contributed by atoms with E-state index in [0.29, 0.717) is 5.56 Å². The Bertz CT molecular complexity index is 700. The zero-order valence-electron chi connectivity index (χ0n) is 13.6. The number of rotatable bonds is 6. The molecule has 1 aliphatic heterocycles. The summed E-state index contributed by atoms with van der Waals surface area (Å²) in [6.07, 6.45) is -6.61. The normalized spacial score (nSPS) is 28.7. The number of carboxylic acids is 2. The van der Waals surface area contributed by atoms with Crippen LogP contribution in [-0.2, 0) is 14.3 Å². The molecule has 1 aromatic carbocycles. The average molecular weight is 370 g/mol. The highest BCUT2D eigenvalue weighted by Crippen LogP contribution is 2.32. The Labute approximate surface area is 147 Å². The van der Waals surface area contributed by atoms with Gasteiger partial charge in [-0.15, -0.1) is 0 Å². The first kappa shape index (κ1) is 19.7. The number of hydrogen-bond acceptors (Lipinski definition) is 8. The van der Waals surface area contributed by atoms with Crippen LogP contribution >= 0.6 is 0 Å². The van der Waals surface area contributed by atoms with Gasteiger partial charge in [-0.25, -0.2) is 9.59 Å². The molecule has 0 spiro atoms. The van der Waals surface area contributed by atoms with E-state index in [9.17, 15) is 24.9 Å². The lowest BCUT2D eigenvalue weighted by Gasteiger charge is -2.38. The topological polar surface area (TPSA) is 163 Å². The molecule has 1 aliphatic rings. The Morgan fingerprint density at radius 3 is 2.35 bits per heavy atom. The summed E-state index contributed by atoms with van der Waals surface area (Å²) >= 11 is 0. The summed E-state index contributed by atoms with van der Waals surface area (Å²) in [5.74, 6) is -2.49. The molecule has 142 valence electrons. The summed E-state index contributed by atoms with van der Waals surface area (Å²) in [5, 5.41) is 47.2. The van der Waals surface area contributed by atoms with E-state index >= 15 is 0 Å². The minimum atomic E-state index is -1.84. The maximum absolute atomic E-state index is 11.1. The van der Waals surface area contributed by atoms with Crippen molar-refractivity contribution in [1.29, 1.82) is 0 Å². The van der Waals surface area contributed by atoms with Crippen molar-refractivity contribution < 1.29 is 49.3 Å². The van der Waals surface area contributed by atoms with E-state index in [1.807, 2.05) is 0 Å². The molecule has 0 saturated carbocycles. The number of benzene rings is 1. The molecule has 0 radical (unpaired) electrons. The van der Waals surface area contributed by atoms with Crippen LogP contribution in [0.1, 0.15) is 5.56 Å². The zero-order chi connectivity index (χ0) is 19.4. The highest BCUT2D eigenvalue weighted by atomic mass is 16.7. The summed E-state index contributed by atoms with van der Waals surface area (Å²) in [6, 6.07) is 4.38. The minimum Gasteiger partial charge on any atom is -0.493 e. The minimum absolute atomic E-state index is 0.0109. The van der Waals surface area contributed by atoms with E-state index in [-0.39, 0.29) is 11.5 Å². The van der Waals surface area contributed by atoms with Crippen molar-refractivity contribution in [2.24, 2.45) is 0 Å². The molecular formula is C16H18O10. The van der Waals surface area contributed by atoms with Gasteiger partial charge in [-0.1, -0.05) is 6.07 Å². The second kappa shape index (κ2) is 8.15. The summed E-state index contributed by atoms with van der Waals surface area (Å²) in [6.45, 7) is 0. The fraction of sp³-hybridized carbons (Fsp3) is 0.375. The molecule has 0 aromatic heterocycles. The third-order valence-corrected chi connectivity index (χ3v) is 3.66. The predicted octanol–water partition coefficient (Wildman–Crippen LogP) is -0.936. The second-order valence-electron chi connectivity index (χ2n) is 5.43. The lowest BCUT2D eigenvalue weighted by atomic mass is 9.99. The molecule has 1 saturated heterocycles. The Morgan fingerprint density at radius 2 is 1.77 bits per heavy atom. The van der Waals surface area contributed by atoms with Crippen molar-refractivity contribution in [2.75, 3.05) is 7.11 Å². The van der Waals surface area contributed by atoms with Gasteiger partial charge >= 0.3 is 11.9 Å². The number of hydrogen-bond donors (Lipinski definition) is 5. The predicted molar refractivity (Wildman–Crippen MR) is 84.6 cm³/mol. The van der Waals surface area contributed by atoms with Crippen molar-refractivity contribution >= 4 is 18.0 Å². The smallest absolute Gasteiger partial charge is 0.335 e. The molecule has 10 heteroatoms. The van der Waals surface area contributed by atoms with Crippen LogP contribution < -0.4 is 9.47 Å². The highest BCUT2D eigenvalue weighted by molar-refractivity contribution is 5.85. The van der Waals surface area contributed by atoms with Gasteiger partial charge in [0.15, 0.2) is 17.6 Å². The number of aliphatic hydroxyl groups is 3. The van der Waals surface area contributed by atoms with Gasteiger partial charge in [-0.05, 0) is 23.8 Å². The largest absolute Gasteiger partial charge is 0.493 e. The van der Waals surface area contributed by atoms with Crippen LogP contribution in [0.2, 0.25) is 0 Å². The molecule has 10 nitrogen and oxygen atoms in total. The maximum Gasteiger partial charge on any atom is 0.335 e. The molecule has 1 fully saturated rings. The molecule has 5 N–H and O–H groups in total. The second-order valence-corrected chi connectivity index (χ2v) is 5.43.